The fraction of sp³-hybridized carbons (Fsp3) is 0.214. The zero-order valence-electron chi connectivity index (χ0n) is 11.6. The molecule has 2 aromatic rings. The molecule has 0 aliphatic rings. The first-order valence-electron chi connectivity index (χ1n) is 6.33. The lowest BCUT2D eigenvalue weighted by atomic mass is 10.2. The van der Waals surface area contributed by atoms with Crippen molar-refractivity contribution < 1.29 is 9.66 Å². The van der Waals surface area contributed by atoms with Crippen molar-refractivity contribution in [3.05, 3.63) is 50.6 Å². The number of nitro groups is 1. The monoisotopic (exact) mass is 351 g/mol. The molecule has 0 fully saturated rings. The van der Waals surface area contributed by atoms with Crippen LogP contribution in [-0.4, -0.2) is 16.5 Å². The number of rotatable bonds is 5. The standard InChI is InChI=1S/C14H14BrN3O3/c1-3-16-13-8-11(4-5-17-13)21-14-9(2)6-10(15)7-12(14)18(19)20/h4-8H,3H2,1-2H3,(H,16,17). The van der Waals surface area contributed by atoms with Gasteiger partial charge < -0.3 is 10.1 Å². The average molecular weight is 352 g/mol. The van der Waals surface area contributed by atoms with E-state index in [2.05, 4.69) is 26.2 Å². The molecule has 0 bridgehead atoms. The Morgan fingerprint density at radius 1 is 1.43 bits per heavy atom. The second-order valence-corrected chi connectivity index (χ2v) is 5.25. The summed E-state index contributed by atoms with van der Waals surface area (Å²) in [6.07, 6.45) is 1.59. The Morgan fingerprint density at radius 3 is 2.86 bits per heavy atom. The fourth-order valence-corrected chi connectivity index (χ4v) is 2.41. The molecule has 110 valence electrons. The molecule has 21 heavy (non-hydrogen) atoms. The first-order valence-corrected chi connectivity index (χ1v) is 7.13. The van der Waals surface area contributed by atoms with E-state index in [0.717, 1.165) is 6.54 Å². The average Bonchev–Trinajstić information content (AvgIpc) is 2.42. The normalized spacial score (nSPS) is 10.2. The minimum absolute atomic E-state index is 0.0799. The van der Waals surface area contributed by atoms with E-state index >= 15 is 0 Å². The van der Waals surface area contributed by atoms with E-state index in [0.29, 0.717) is 21.6 Å². The molecule has 1 N–H and O–H groups in total. The van der Waals surface area contributed by atoms with Crippen molar-refractivity contribution in [3.8, 4) is 11.5 Å². The van der Waals surface area contributed by atoms with Crippen molar-refractivity contribution in [2.45, 2.75) is 13.8 Å². The maximum Gasteiger partial charge on any atom is 0.312 e. The van der Waals surface area contributed by atoms with E-state index < -0.39 is 4.92 Å². The Balaban J connectivity index is 2.39. The van der Waals surface area contributed by atoms with Gasteiger partial charge in [0, 0.05) is 29.3 Å². The largest absolute Gasteiger partial charge is 0.450 e. The van der Waals surface area contributed by atoms with Crippen LogP contribution in [0.3, 0.4) is 0 Å². The highest BCUT2D eigenvalue weighted by atomic mass is 79.9. The number of halogens is 1. The van der Waals surface area contributed by atoms with Crippen LogP contribution in [0, 0.1) is 17.0 Å². The molecule has 0 amide bonds. The number of aryl methyl sites for hydroxylation is 1. The number of aromatic nitrogens is 1. The van der Waals surface area contributed by atoms with Gasteiger partial charge in [-0.2, -0.15) is 0 Å². The summed E-state index contributed by atoms with van der Waals surface area (Å²) in [6, 6.07) is 6.56. The van der Waals surface area contributed by atoms with Crippen LogP contribution in [0.25, 0.3) is 0 Å². The van der Waals surface area contributed by atoms with Crippen LogP contribution in [0.1, 0.15) is 12.5 Å². The van der Waals surface area contributed by atoms with Gasteiger partial charge in [-0.25, -0.2) is 4.98 Å². The fourth-order valence-electron chi connectivity index (χ4n) is 1.85. The molecule has 0 unspecified atom stereocenters. The van der Waals surface area contributed by atoms with Crippen molar-refractivity contribution in [1.29, 1.82) is 0 Å². The smallest absolute Gasteiger partial charge is 0.312 e. The number of anilines is 1. The summed E-state index contributed by atoms with van der Waals surface area (Å²) < 4.78 is 6.34. The van der Waals surface area contributed by atoms with Crippen LogP contribution in [0.5, 0.6) is 11.5 Å². The number of hydrogen-bond donors (Lipinski definition) is 1. The van der Waals surface area contributed by atoms with Crippen molar-refractivity contribution in [1.82, 2.24) is 4.98 Å². The Kier molecular flexibility index (Phi) is 4.74. The Labute approximate surface area is 130 Å². The second kappa shape index (κ2) is 6.53. The maximum absolute atomic E-state index is 11.2. The summed E-state index contributed by atoms with van der Waals surface area (Å²) in [6.45, 7) is 4.45. The molecule has 7 heteroatoms. The van der Waals surface area contributed by atoms with Crippen molar-refractivity contribution in [2.75, 3.05) is 11.9 Å². The summed E-state index contributed by atoms with van der Waals surface area (Å²) >= 11 is 3.25. The van der Waals surface area contributed by atoms with E-state index in [-0.39, 0.29) is 11.4 Å². The van der Waals surface area contributed by atoms with E-state index in [4.69, 9.17) is 4.74 Å². The van der Waals surface area contributed by atoms with Gasteiger partial charge in [0.1, 0.15) is 11.6 Å². The number of nitrogens with zero attached hydrogens (tertiary/aromatic N) is 2. The van der Waals surface area contributed by atoms with Crippen LogP contribution in [0.4, 0.5) is 11.5 Å². The van der Waals surface area contributed by atoms with Gasteiger partial charge in [0.25, 0.3) is 0 Å². The summed E-state index contributed by atoms with van der Waals surface area (Å²) in [5, 5.41) is 14.2. The molecule has 6 nitrogen and oxygen atoms in total. The number of hydrogen-bond acceptors (Lipinski definition) is 5. The highest BCUT2D eigenvalue weighted by Crippen LogP contribution is 2.37. The molecule has 1 aromatic heterocycles. The van der Waals surface area contributed by atoms with Gasteiger partial charge in [-0.05, 0) is 31.5 Å². The quantitative estimate of drug-likeness (QED) is 0.642. The number of nitro benzene ring substituents is 1. The van der Waals surface area contributed by atoms with E-state index in [1.807, 2.05) is 6.92 Å². The van der Waals surface area contributed by atoms with Gasteiger partial charge in [0.05, 0.1) is 4.92 Å². The van der Waals surface area contributed by atoms with E-state index in [1.54, 1.807) is 31.3 Å². The lowest BCUT2D eigenvalue weighted by Gasteiger charge is -2.11. The molecular formula is C14H14BrN3O3. The Bertz CT molecular complexity index is 677. The SMILES string of the molecule is CCNc1cc(Oc2c(C)cc(Br)cc2[N+](=O)[O-])ccn1. The van der Waals surface area contributed by atoms with Gasteiger partial charge in [0.2, 0.25) is 5.75 Å². The highest BCUT2D eigenvalue weighted by Gasteiger charge is 2.19. The number of ether oxygens (including phenoxy) is 1. The molecule has 0 radical (unpaired) electrons. The number of pyridine rings is 1. The molecule has 0 aliphatic carbocycles. The number of benzene rings is 1. The highest BCUT2D eigenvalue weighted by molar-refractivity contribution is 9.10. The molecule has 1 aromatic carbocycles. The molecule has 0 aliphatic heterocycles. The summed E-state index contributed by atoms with van der Waals surface area (Å²) in [5.74, 6) is 1.39. The predicted octanol–water partition coefficient (Wildman–Crippen LogP) is 4.28. The molecule has 2 rings (SSSR count). The summed E-state index contributed by atoms with van der Waals surface area (Å²) in [7, 11) is 0. The zero-order valence-corrected chi connectivity index (χ0v) is 13.2. The molecule has 0 saturated heterocycles. The predicted molar refractivity (Wildman–Crippen MR) is 84.0 cm³/mol. The summed E-state index contributed by atoms with van der Waals surface area (Å²) in [5.41, 5.74) is 0.599. The lowest BCUT2D eigenvalue weighted by molar-refractivity contribution is -0.385. The van der Waals surface area contributed by atoms with Crippen molar-refractivity contribution in [2.24, 2.45) is 0 Å². The van der Waals surface area contributed by atoms with Gasteiger partial charge >= 0.3 is 5.69 Å². The molecule has 0 atom stereocenters. The van der Waals surface area contributed by atoms with Crippen LogP contribution in [0.15, 0.2) is 34.9 Å². The first kappa shape index (κ1) is 15.2. The number of nitrogens with one attached hydrogen (secondary N) is 1. The summed E-state index contributed by atoms with van der Waals surface area (Å²) in [4.78, 5) is 14.8. The van der Waals surface area contributed by atoms with E-state index in [1.165, 1.54) is 6.07 Å². The van der Waals surface area contributed by atoms with E-state index in [9.17, 15) is 10.1 Å². The van der Waals surface area contributed by atoms with Gasteiger partial charge in [0.15, 0.2) is 0 Å². The van der Waals surface area contributed by atoms with Crippen molar-refractivity contribution in [3.63, 3.8) is 0 Å². The minimum Gasteiger partial charge on any atom is -0.450 e. The molecule has 0 saturated carbocycles. The Hall–Kier alpha value is -2.15. The third kappa shape index (κ3) is 3.69. The molecule has 0 spiro atoms. The molecular weight excluding hydrogens is 338 g/mol. The maximum atomic E-state index is 11.2. The van der Waals surface area contributed by atoms with Crippen LogP contribution in [0.2, 0.25) is 0 Å². The van der Waals surface area contributed by atoms with Gasteiger partial charge in [-0.15, -0.1) is 0 Å². The first-order chi connectivity index (χ1) is 10.0. The van der Waals surface area contributed by atoms with Crippen LogP contribution < -0.4 is 10.1 Å². The van der Waals surface area contributed by atoms with Gasteiger partial charge in [-0.3, -0.25) is 10.1 Å². The van der Waals surface area contributed by atoms with Crippen LogP contribution >= 0.6 is 15.9 Å². The lowest BCUT2D eigenvalue weighted by Crippen LogP contribution is -2.00. The van der Waals surface area contributed by atoms with Crippen molar-refractivity contribution >= 4 is 27.4 Å². The third-order valence-electron chi connectivity index (χ3n) is 2.73. The van der Waals surface area contributed by atoms with Gasteiger partial charge in [-0.1, -0.05) is 15.9 Å². The topological polar surface area (TPSA) is 77.3 Å². The zero-order chi connectivity index (χ0) is 15.4. The second-order valence-electron chi connectivity index (χ2n) is 4.34. The minimum atomic E-state index is -0.459. The van der Waals surface area contributed by atoms with Crippen LogP contribution in [-0.2, 0) is 0 Å². The Morgan fingerprint density at radius 2 is 2.19 bits per heavy atom. The molecule has 1 heterocycles. The third-order valence-corrected chi connectivity index (χ3v) is 3.18.